The summed E-state index contributed by atoms with van der Waals surface area (Å²) in [7, 11) is 0. The molecule has 4 nitrogen and oxygen atoms in total. The largest absolute Gasteiger partial charge is 0.476 e. The van der Waals surface area contributed by atoms with Crippen molar-refractivity contribution in [2.45, 2.75) is 38.0 Å². The van der Waals surface area contributed by atoms with Crippen LogP contribution in [0.25, 0.3) is 0 Å². The Hall–Kier alpha value is -1.32. The average molecular weight is 194 g/mol. The van der Waals surface area contributed by atoms with Crippen LogP contribution in [0.15, 0.2) is 6.07 Å². The fraction of sp³-hybridized carbons (Fsp3) is 0.600. The number of carbonyl (C=O) groups is 1. The highest BCUT2D eigenvalue weighted by molar-refractivity contribution is 5.85. The predicted molar refractivity (Wildman–Crippen MR) is 51.4 cm³/mol. The van der Waals surface area contributed by atoms with Gasteiger partial charge in [-0.05, 0) is 18.9 Å². The smallest absolute Gasteiger partial charge is 0.356 e. The van der Waals surface area contributed by atoms with Crippen LogP contribution in [0.4, 0.5) is 0 Å². The maximum Gasteiger partial charge on any atom is 0.356 e. The molecular formula is C10H14N2O2. The molecule has 14 heavy (non-hydrogen) atoms. The van der Waals surface area contributed by atoms with Crippen LogP contribution in [0.3, 0.4) is 0 Å². The summed E-state index contributed by atoms with van der Waals surface area (Å²) < 4.78 is 0. The third kappa shape index (κ3) is 1.41. The van der Waals surface area contributed by atoms with E-state index in [-0.39, 0.29) is 11.1 Å². The molecule has 0 saturated heterocycles. The molecule has 1 heterocycles. The molecule has 1 aliphatic carbocycles. The minimum Gasteiger partial charge on any atom is -0.476 e. The quantitative estimate of drug-likeness (QED) is 0.756. The van der Waals surface area contributed by atoms with Crippen molar-refractivity contribution in [3.8, 4) is 0 Å². The minimum absolute atomic E-state index is 0.112. The molecule has 0 atom stereocenters. The molecule has 1 aromatic heterocycles. The average Bonchev–Trinajstić information content (AvgIpc) is 2.71. The number of aromatic nitrogens is 2. The number of carboxylic acids is 1. The summed E-state index contributed by atoms with van der Waals surface area (Å²) in [6.45, 7) is 2.17. The highest BCUT2D eigenvalue weighted by Crippen LogP contribution is 2.39. The van der Waals surface area contributed by atoms with Crippen molar-refractivity contribution in [3.05, 3.63) is 17.5 Å². The van der Waals surface area contributed by atoms with E-state index in [9.17, 15) is 4.79 Å². The molecule has 0 aliphatic heterocycles. The molecule has 1 fully saturated rings. The second kappa shape index (κ2) is 3.12. The molecule has 2 N–H and O–H groups in total. The van der Waals surface area contributed by atoms with Crippen LogP contribution in [0.2, 0.25) is 0 Å². The molecule has 1 aliphatic rings. The van der Waals surface area contributed by atoms with Gasteiger partial charge in [-0.25, -0.2) is 4.79 Å². The van der Waals surface area contributed by atoms with Gasteiger partial charge in [0.15, 0.2) is 5.69 Å². The van der Waals surface area contributed by atoms with Crippen LogP contribution in [0.5, 0.6) is 0 Å². The van der Waals surface area contributed by atoms with E-state index in [0.29, 0.717) is 0 Å². The van der Waals surface area contributed by atoms with Crippen LogP contribution < -0.4 is 0 Å². The van der Waals surface area contributed by atoms with Crippen LogP contribution in [0, 0.1) is 0 Å². The van der Waals surface area contributed by atoms with Crippen molar-refractivity contribution in [2.75, 3.05) is 0 Å². The molecule has 0 unspecified atom stereocenters. The molecule has 0 amide bonds. The molecule has 1 saturated carbocycles. The lowest BCUT2D eigenvalue weighted by Gasteiger charge is -2.20. The Morgan fingerprint density at radius 1 is 1.57 bits per heavy atom. The highest BCUT2D eigenvalue weighted by atomic mass is 16.4. The molecule has 2 rings (SSSR count). The lowest BCUT2D eigenvalue weighted by atomic mass is 9.85. The first-order valence-electron chi connectivity index (χ1n) is 4.91. The van der Waals surface area contributed by atoms with E-state index < -0.39 is 5.97 Å². The second-order valence-corrected chi connectivity index (χ2v) is 4.24. The Bertz CT molecular complexity index is 351. The summed E-state index contributed by atoms with van der Waals surface area (Å²) in [5.41, 5.74) is 1.20. The maximum absolute atomic E-state index is 10.7. The number of nitrogens with one attached hydrogen (secondary N) is 1. The lowest BCUT2D eigenvalue weighted by molar-refractivity contribution is 0.0690. The maximum atomic E-state index is 10.7. The summed E-state index contributed by atoms with van der Waals surface area (Å²) >= 11 is 0. The van der Waals surface area contributed by atoms with Gasteiger partial charge in [-0.15, -0.1) is 0 Å². The highest BCUT2D eigenvalue weighted by Gasteiger charge is 2.32. The first kappa shape index (κ1) is 9.24. The zero-order valence-electron chi connectivity index (χ0n) is 8.21. The third-order valence-electron chi connectivity index (χ3n) is 3.15. The fourth-order valence-corrected chi connectivity index (χ4v) is 2.17. The molecular weight excluding hydrogens is 180 g/mol. The number of hydrogen-bond acceptors (Lipinski definition) is 2. The summed E-state index contributed by atoms with van der Waals surface area (Å²) in [4.78, 5) is 10.7. The zero-order valence-corrected chi connectivity index (χ0v) is 8.21. The number of carboxylic acid groups (broad SMARTS) is 1. The third-order valence-corrected chi connectivity index (χ3v) is 3.15. The number of H-pyrrole nitrogens is 1. The van der Waals surface area contributed by atoms with E-state index in [0.717, 1.165) is 18.5 Å². The SMILES string of the molecule is CC1(c2cc(C(=O)O)n[nH]2)CCCC1. The molecule has 0 radical (unpaired) electrons. The number of nitrogens with zero attached hydrogens (tertiary/aromatic N) is 1. The molecule has 4 heteroatoms. The van der Waals surface area contributed by atoms with Gasteiger partial charge < -0.3 is 5.11 Å². The van der Waals surface area contributed by atoms with Crippen molar-refractivity contribution >= 4 is 5.97 Å². The lowest BCUT2D eigenvalue weighted by Crippen LogP contribution is -2.17. The first-order chi connectivity index (χ1) is 6.62. The van der Waals surface area contributed by atoms with E-state index in [4.69, 9.17) is 5.11 Å². The standard InChI is InChI=1S/C10H14N2O2/c1-10(4-2-3-5-10)8-6-7(9(13)14)11-12-8/h6H,2-5H2,1H3,(H,11,12)(H,13,14). The van der Waals surface area contributed by atoms with Crippen molar-refractivity contribution in [1.29, 1.82) is 0 Å². The Balaban J connectivity index is 2.28. The fourth-order valence-electron chi connectivity index (χ4n) is 2.17. The van der Waals surface area contributed by atoms with Gasteiger partial charge in [-0.2, -0.15) is 5.10 Å². The Morgan fingerprint density at radius 2 is 2.21 bits per heavy atom. The monoisotopic (exact) mass is 194 g/mol. The van der Waals surface area contributed by atoms with E-state index >= 15 is 0 Å². The Labute approximate surface area is 82.3 Å². The van der Waals surface area contributed by atoms with E-state index in [2.05, 4.69) is 17.1 Å². The molecule has 0 bridgehead atoms. The van der Waals surface area contributed by atoms with Gasteiger partial charge in [-0.3, -0.25) is 5.10 Å². The normalized spacial score (nSPS) is 19.8. The van der Waals surface area contributed by atoms with Gasteiger partial charge in [0.1, 0.15) is 0 Å². The van der Waals surface area contributed by atoms with Gasteiger partial charge in [0.2, 0.25) is 0 Å². The van der Waals surface area contributed by atoms with E-state index in [1.54, 1.807) is 6.07 Å². The van der Waals surface area contributed by atoms with E-state index in [1.165, 1.54) is 12.8 Å². The van der Waals surface area contributed by atoms with E-state index in [1.807, 2.05) is 0 Å². The van der Waals surface area contributed by atoms with Crippen molar-refractivity contribution in [3.63, 3.8) is 0 Å². The molecule has 76 valence electrons. The summed E-state index contributed by atoms with van der Waals surface area (Å²) in [5.74, 6) is -0.964. The molecule has 0 spiro atoms. The molecule has 0 aromatic carbocycles. The van der Waals surface area contributed by atoms with Gasteiger partial charge in [-0.1, -0.05) is 19.8 Å². The summed E-state index contributed by atoms with van der Waals surface area (Å²) in [5, 5.41) is 15.4. The minimum atomic E-state index is -0.964. The van der Waals surface area contributed by atoms with Crippen LogP contribution >= 0.6 is 0 Å². The predicted octanol–water partition coefficient (Wildman–Crippen LogP) is 1.94. The topological polar surface area (TPSA) is 66.0 Å². The second-order valence-electron chi connectivity index (χ2n) is 4.24. The van der Waals surface area contributed by atoms with Gasteiger partial charge in [0.25, 0.3) is 0 Å². The van der Waals surface area contributed by atoms with Crippen molar-refractivity contribution in [1.82, 2.24) is 10.2 Å². The Morgan fingerprint density at radius 3 is 2.71 bits per heavy atom. The number of rotatable bonds is 2. The number of aromatic carboxylic acids is 1. The van der Waals surface area contributed by atoms with Crippen LogP contribution in [-0.4, -0.2) is 21.3 Å². The summed E-state index contributed by atoms with van der Waals surface area (Å²) in [6.07, 6.45) is 4.68. The van der Waals surface area contributed by atoms with Gasteiger partial charge in [0.05, 0.1) is 0 Å². The molecule has 1 aromatic rings. The van der Waals surface area contributed by atoms with Gasteiger partial charge >= 0.3 is 5.97 Å². The zero-order chi connectivity index (χ0) is 10.2. The van der Waals surface area contributed by atoms with Crippen LogP contribution in [-0.2, 0) is 5.41 Å². The van der Waals surface area contributed by atoms with Gasteiger partial charge in [0, 0.05) is 11.1 Å². The number of aromatic amines is 1. The van der Waals surface area contributed by atoms with Crippen LogP contribution in [0.1, 0.15) is 48.8 Å². The summed E-state index contributed by atoms with van der Waals surface area (Å²) in [6, 6.07) is 1.66. The van der Waals surface area contributed by atoms with Crippen molar-refractivity contribution < 1.29 is 9.90 Å². The number of hydrogen-bond donors (Lipinski definition) is 2. The Kier molecular flexibility index (Phi) is 2.06. The first-order valence-corrected chi connectivity index (χ1v) is 4.91. The van der Waals surface area contributed by atoms with Crippen molar-refractivity contribution in [2.24, 2.45) is 0 Å².